The topological polar surface area (TPSA) is 66.8 Å². The van der Waals surface area contributed by atoms with E-state index in [1.54, 1.807) is 0 Å². The van der Waals surface area contributed by atoms with Gasteiger partial charge in [0.05, 0.1) is 0 Å². The summed E-state index contributed by atoms with van der Waals surface area (Å²) < 4.78 is 5.89. The molecule has 1 unspecified atom stereocenters. The number of rotatable bonds is 14. The van der Waals surface area contributed by atoms with E-state index in [0.29, 0.717) is 18.6 Å². The third-order valence-electron chi connectivity index (χ3n) is 5.85. The lowest BCUT2D eigenvalue weighted by molar-refractivity contribution is -0.135. The summed E-state index contributed by atoms with van der Waals surface area (Å²) in [6.07, 6.45) is 10.6. The van der Waals surface area contributed by atoms with Crippen LogP contribution in [0.25, 0.3) is 5.57 Å². The fourth-order valence-corrected chi connectivity index (χ4v) is 4.06. The molecule has 32 heavy (non-hydrogen) atoms. The summed E-state index contributed by atoms with van der Waals surface area (Å²) in [7, 11) is 0. The quantitative estimate of drug-likeness (QED) is 0.208. The molecule has 1 atom stereocenters. The molecular weight excluding hydrogens is 400 g/mol. The van der Waals surface area contributed by atoms with Crippen molar-refractivity contribution in [1.29, 1.82) is 0 Å². The Bertz CT molecular complexity index is 832. The molecule has 4 heteroatoms. The monoisotopic (exact) mass is 438 g/mol. The number of carbonyl (C=O) groups is 1. The zero-order valence-corrected chi connectivity index (χ0v) is 19.4. The summed E-state index contributed by atoms with van der Waals surface area (Å²) in [6.45, 7) is 10.1. The molecule has 1 aromatic rings. The highest BCUT2D eigenvalue weighted by molar-refractivity contribution is 5.92. The summed E-state index contributed by atoms with van der Waals surface area (Å²) in [5, 5.41) is 18.7. The molecule has 174 valence electrons. The normalized spacial score (nSPS) is 16.0. The summed E-state index contributed by atoms with van der Waals surface area (Å²) in [5.74, 6) is 0.358. The average Bonchev–Trinajstić information content (AvgIpc) is 2.79. The van der Waals surface area contributed by atoms with Gasteiger partial charge in [-0.3, -0.25) is 0 Å². The lowest BCUT2D eigenvalue weighted by Gasteiger charge is -2.28. The molecule has 0 spiro atoms. The molecule has 0 heterocycles. The molecule has 0 saturated heterocycles. The van der Waals surface area contributed by atoms with Crippen molar-refractivity contribution in [1.82, 2.24) is 0 Å². The number of unbranched alkanes of at least 4 members (excludes halogenated alkanes) is 4. The third kappa shape index (κ3) is 7.61. The average molecular weight is 439 g/mol. The van der Waals surface area contributed by atoms with E-state index >= 15 is 0 Å². The van der Waals surface area contributed by atoms with E-state index in [1.807, 2.05) is 30.3 Å². The maximum atomic E-state index is 12.7. The first-order valence-electron chi connectivity index (χ1n) is 11.8. The Balaban J connectivity index is 2.38. The Labute approximate surface area is 193 Å². The highest BCUT2D eigenvalue weighted by atomic mass is 16.5. The molecule has 2 rings (SSSR count). The van der Waals surface area contributed by atoms with Crippen molar-refractivity contribution >= 4 is 11.5 Å². The Hall–Kier alpha value is -2.43. The van der Waals surface area contributed by atoms with Crippen molar-refractivity contribution in [3.63, 3.8) is 0 Å². The van der Waals surface area contributed by atoms with E-state index in [0.717, 1.165) is 35.1 Å². The number of hydrogen-bond donors (Lipinski definition) is 2. The lowest BCUT2D eigenvalue weighted by Crippen LogP contribution is -2.17. The van der Waals surface area contributed by atoms with E-state index in [9.17, 15) is 15.0 Å². The van der Waals surface area contributed by atoms with Gasteiger partial charge >= 0.3 is 5.97 Å². The van der Waals surface area contributed by atoms with Crippen molar-refractivity contribution in [2.45, 2.75) is 64.7 Å². The molecular formula is C28H38O4. The Morgan fingerprint density at radius 3 is 2.38 bits per heavy atom. The van der Waals surface area contributed by atoms with Gasteiger partial charge in [0.25, 0.3) is 0 Å². The van der Waals surface area contributed by atoms with Crippen LogP contribution in [0.15, 0.2) is 72.0 Å². The van der Waals surface area contributed by atoms with Crippen LogP contribution in [-0.2, 0) is 9.53 Å². The number of hydrogen-bond acceptors (Lipinski definition) is 4. The number of ether oxygens (including phenoxy) is 1. The molecule has 2 N–H and O–H groups in total. The van der Waals surface area contributed by atoms with Crippen LogP contribution in [0.5, 0.6) is 0 Å². The number of aliphatic hydroxyl groups is 2. The molecule has 1 aliphatic carbocycles. The first kappa shape index (κ1) is 25.8. The van der Waals surface area contributed by atoms with E-state index in [2.05, 4.69) is 26.2 Å². The third-order valence-corrected chi connectivity index (χ3v) is 5.85. The molecule has 0 aromatic heterocycles. The minimum Gasteiger partial charge on any atom is -0.427 e. The van der Waals surface area contributed by atoms with Gasteiger partial charge in [-0.2, -0.15) is 0 Å². The van der Waals surface area contributed by atoms with Crippen LogP contribution in [0, 0.1) is 5.92 Å². The van der Waals surface area contributed by atoms with Gasteiger partial charge < -0.3 is 14.9 Å². The van der Waals surface area contributed by atoms with Crippen LogP contribution in [0.3, 0.4) is 0 Å². The molecule has 4 nitrogen and oxygen atoms in total. The fraction of sp³-hybridized carbons (Fsp3) is 0.464. The Kier molecular flexibility index (Phi) is 11.2. The van der Waals surface area contributed by atoms with Gasteiger partial charge in [-0.15, -0.1) is 0 Å². The first-order valence-corrected chi connectivity index (χ1v) is 11.8. The highest BCUT2D eigenvalue weighted by Gasteiger charge is 2.27. The minimum atomic E-state index is -0.502. The predicted octanol–water partition coefficient (Wildman–Crippen LogP) is 6.12. The Morgan fingerprint density at radius 1 is 1.03 bits per heavy atom. The zero-order chi connectivity index (χ0) is 23.3. The van der Waals surface area contributed by atoms with Crippen LogP contribution >= 0.6 is 0 Å². The van der Waals surface area contributed by atoms with Crippen molar-refractivity contribution in [2.24, 2.45) is 5.92 Å². The molecule has 0 bridgehead atoms. The van der Waals surface area contributed by atoms with Crippen LogP contribution in [0.2, 0.25) is 0 Å². The number of allylic oxidation sites excluding steroid dienone is 4. The SMILES string of the molecule is C=C(CCO)C(=O)OC1=C(c2ccccc2)C(C(=C)CCO)=CC(CCCCCCC)C1. The van der Waals surface area contributed by atoms with Gasteiger partial charge in [0.1, 0.15) is 5.76 Å². The van der Waals surface area contributed by atoms with E-state index in [4.69, 9.17) is 4.74 Å². The van der Waals surface area contributed by atoms with Crippen LogP contribution in [-0.4, -0.2) is 29.4 Å². The molecule has 0 aliphatic heterocycles. The lowest BCUT2D eigenvalue weighted by atomic mass is 9.80. The maximum absolute atomic E-state index is 12.7. The molecule has 0 fully saturated rings. The molecule has 1 aromatic carbocycles. The summed E-state index contributed by atoms with van der Waals surface area (Å²) >= 11 is 0. The number of esters is 1. The van der Waals surface area contributed by atoms with Crippen LogP contribution in [0.1, 0.15) is 70.3 Å². The van der Waals surface area contributed by atoms with Crippen LogP contribution in [0.4, 0.5) is 0 Å². The Morgan fingerprint density at radius 2 is 1.72 bits per heavy atom. The zero-order valence-electron chi connectivity index (χ0n) is 19.4. The molecule has 0 saturated carbocycles. The van der Waals surface area contributed by atoms with Crippen LogP contribution < -0.4 is 0 Å². The van der Waals surface area contributed by atoms with Gasteiger partial charge in [-0.1, -0.05) is 88.6 Å². The molecule has 0 amide bonds. The number of carbonyl (C=O) groups excluding carboxylic acids is 1. The van der Waals surface area contributed by atoms with E-state index in [-0.39, 0.29) is 31.1 Å². The minimum absolute atomic E-state index is 0.0162. The van der Waals surface area contributed by atoms with Gasteiger partial charge in [-0.05, 0) is 35.5 Å². The summed E-state index contributed by atoms with van der Waals surface area (Å²) in [4.78, 5) is 12.7. The maximum Gasteiger partial charge on any atom is 0.338 e. The van der Waals surface area contributed by atoms with Gasteiger partial charge in [0, 0.05) is 37.2 Å². The second kappa shape index (κ2) is 13.9. The first-order chi connectivity index (χ1) is 15.5. The summed E-state index contributed by atoms with van der Waals surface area (Å²) in [5.41, 5.74) is 3.86. The van der Waals surface area contributed by atoms with Crippen molar-refractivity contribution < 1.29 is 19.7 Å². The highest BCUT2D eigenvalue weighted by Crippen LogP contribution is 2.41. The van der Waals surface area contributed by atoms with Crippen molar-refractivity contribution in [2.75, 3.05) is 13.2 Å². The number of aliphatic hydroxyl groups excluding tert-OH is 2. The predicted molar refractivity (Wildman–Crippen MR) is 131 cm³/mol. The standard InChI is InChI=1S/C28H38O4/c1-4-5-6-7-9-12-23-19-25(21(2)15-17-29)27(24-13-10-8-11-14-24)26(20-23)32-28(31)22(3)16-18-30/h8,10-11,13-14,19,23,29-30H,2-7,9,12,15-18,20H2,1H3. The molecule has 0 radical (unpaired) electrons. The largest absolute Gasteiger partial charge is 0.427 e. The van der Waals surface area contributed by atoms with Crippen molar-refractivity contribution in [3.05, 3.63) is 77.6 Å². The second-order valence-electron chi connectivity index (χ2n) is 8.46. The van der Waals surface area contributed by atoms with E-state index in [1.165, 1.54) is 25.7 Å². The fourth-order valence-electron chi connectivity index (χ4n) is 4.06. The van der Waals surface area contributed by atoms with Gasteiger partial charge in [-0.25, -0.2) is 4.79 Å². The number of benzene rings is 1. The molecule has 1 aliphatic rings. The van der Waals surface area contributed by atoms with Gasteiger partial charge in [0.15, 0.2) is 0 Å². The van der Waals surface area contributed by atoms with E-state index < -0.39 is 5.97 Å². The smallest absolute Gasteiger partial charge is 0.338 e. The summed E-state index contributed by atoms with van der Waals surface area (Å²) in [6, 6.07) is 9.86. The second-order valence-corrected chi connectivity index (χ2v) is 8.46. The van der Waals surface area contributed by atoms with Gasteiger partial charge in [0.2, 0.25) is 0 Å². The van der Waals surface area contributed by atoms with Crippen molar-refractivity contribution in [3.8, 4) is 0 Å².